The highest BCUT2D eigenvalue weighted by Gasteiger charge is 2.26. The van der Waals surface area contributed by atoms with E-state index in [9.17, 15) is 9.18 Å². The van der Waals surface area contributed by atoms with Gasteiger partial charge in [0, 0.05) is 26.2 Å². The smallest absolute Gasteiger partial charge is 0.360 e. The number of hydrogen-bond acceptors (Lipinski definition) is 6. The van der Waals surface area contributed by atoms with Crippen molar-refractivity contribution < 1.29 is 13.9 Å². The molecule has 0 spiro atoms. The molecule has 1 aliphatic rings. The number of halogens is 1. The molecule has 1 fully saturated rings. The van der Waals surface area contributed by atoms with Crippen LogP contribution < -0.4 is 9.80 Å². The monoisotopic (exact) mass is 422 g/mol. The third kappa shape index (κ3) is 4.31. The van der Waals surface area contributed by atoms with Crippen molar-refractivity contribution in [1.82, 2.24) is 9.97 Å². The summed E-state index contributed by atoms with van der Waals surface area (Å²) in [5, 5.41) is 0. The number of para-hydroxylation sites is 1. The molecule has 0 unspecified atom stereocenters. The van der Waals surface area contributed by atoms with Gasteiger partial charge >= 0.3 is 5.97 Å². The van der Waals surface area contributed by atoms with E-state index in [4.69, 9.17) is 9.72 Å². The summed E-state index contributed by atoms with van der Waals surface area (Å²) in [4.78, 5) is 26.3. The second-order valence-electron chi connectivity index (χ2n) is 7.88. The fourth-order valence-electron chi connectivity index (χ4n) is 3.79. The van der Waals surface area contributed by atoms with Gasteiger partial charge in [0.05, 0.1) is 23.3 Å². The van der Waals surface area contributed by atoms with Crippen molar-refractivity contribution in [3.8, 4) is 0 Å². The summed E-state index contributed by atoms with van der Waals surface area (Å²) in [5.41, 5.74) is 4.49. The Labute approximate surface area is 181 Å². The van der Waals surface area contributed by atoms with E-state index in [1.807, 2.05) is 48.8 Å². The number of carbonyl (C=O) groups excluding carboxylic acids is 1. The van der Waals surface area contributed by atoms with E-state index in [0.717, 1.165) is 23.1 Å². The van der Waals surface area contributed by atoms with Crippen molar-refractivity contribution in [2.45, 2.75) is 27.2 Å². The van der Waals surface area contributed by atoms with Gasteiger partial charge in [-0.15, -0.1) is 0 Å². The number of rotatable bonds is 5. The predicted octanol–water partition coefficient (Wildman–Crippen LogP) is 4.28. The van der Waals surface area contributed by atoms with E-state index in [1.54, 1.807) is 12.1 Å². The third-order valence-corrected chi connectivity index (χ3v) is 5.66. The number of piperazine rings is 1. The van der Waals surface area contributed by atoms with E-state index >= 15 is 0 Å². The predicted molar refractivity (Wildman–Crippen MR) is 120 cm³/mol. The van der Waals surface area contributed by atoms with Gasteiger partial charge in [-0.25, -0.2) is 19.2 Å². The number of hydrogen-bond donors (Lipinski definition) is 0. The van der Waals surface area contributed by atoms with Crippen LogP contribution in [0.15, 0.2) is 36.4 Å². The van der Waals surface area contributed by atoms with Gasteiger partial charge in [-0.3, -0.25) is 0 Å². The number of ether oxygens (including phenoxy) is 1. The molecule has 4 rings (SSSR count). The average Bonchev–Trinajstić information content (AvgIpc) is 2.78. The first-order chi connectivity index (χ1) is 15.0. The molecule has 1 aliphatic heterocycles. The second-order valence-corrected chi connectivity index (χ2v) is 7.88. The molecule has 0 radical (unpaired) electrons. The number of benzene rings is 2. The zero-order valence-electron chi connectivity index (χ0n) is 18.2. The highest BCUT2D eigenvalue weighted by Crippen LogP contribution is 2.27. The molecule has 1 aromatic heterocycles. The van der Waals surface area contributed by atoms with Crippen molar-refractivity contribution in [2.75, 3.05) is 42.6 Å². The summed E-state index contributed by atoms with van der Waals surface area (Å²) in [6, 6.07) is 10.7. The van der Waals surface area contributed by atoms with Crippen LogP contribution in [-0.2, 0) is 4.74 Å². The Kier molecular flexibility index (Phi) is 6.02. The van der Waals surface area contributed by atoms with E-state index in [0.29, 0.717) is 49.8 Å². The van der Waals surface area contributed by atoms with Crippen molar-refractivity contribution in [1.29, 1.82) is 0 Å². The molecule has 1 saturated heterocycles. The molecule has 2 aromatic carbocycles. The van der Waals surface area contributed by atoms with Crippen LogP contribution in [0.5, 0.6) is 0 Å². The minimum Gasteiger partial charge on any atom is -0.461 e. The molecule has 6 nitrogen and oxygen atoms in total. The van der Waals surface area contributed by atoms with Crippen molar-refractivity contribution in [3.63, 3.8) is 0 Å². The molecule has 2 heterocycles. The normalized spacial score (nSPS) is 14.2. The van der Waals surface area contributed by atoms with E-state index in [2.05, 4.69) is 4.98 Å². The number of aromatic nitrogens is 2. The first kappa shape index (κ1) is 21.0. The Hall–Kier alpha value is -3.22. The quantitative estimate of drug-likeness (QED) is 0.572. The molecule has 7 heteroatoms. The van der Waals surface area contributed by atoms with Gasteiger partial charge in [0.1, 0.15) is 5.82 Å². The van der Waals surface area contributed by atoms with Crippen molar-refractivity contribution in [2.24, 2.45) is 0 Å². The zero-order valence-corrected chi connectivity index (χ0v) is 18.2. The summed E-state index contributed by atoms with van der Waals surface area (Å²) in [6.45, 7) is 8.79. The fraction of sp³-hybridized carbons (Fsp3) is 0.375. The van der Waals surface area contributed by atoms with E-state index in [1.165, 1.54) is 6.07 Å². The number of nitrogens with zero attached hydrogens (tertiary/aromatic N) is 4. The van der Waals surface area contributed by atoms with Crippen LogP contribution in [0.2, 0.25) is 0 Å². The molecular formula is C24H27FN4O2. The van der Waals surface area contributed by atoms with Crippen LogP contribution >= 0.6 is 0 Å². The highest BCUT2D eigenvalue weighted by molar-refractivity contribution is 5.95. The topological polar surface area (TPSA) is 58.6 Å². The minimum atomic E-state index is -0.457. The number of fused-ring (bicyclic) bond motifs is 1. The highest BCUT2D eigenvalue weighted by atomic mass is 19.1. The Bertz CT molecular complexity index is 1110. The summed E-state index contributed by atoms with van der Waals surface area (Å²) >= 11 is 0. The summed E-state index contributed by atoms with van der Waals surface area (Å²) < 4.78 is 19.6. The van der Waals surface area contributed by atoms with Gasteiger partial charge in [0.25, 0.3) is 0 Å². The lowest BCUT2D eigenvalue weighted by molar-refractivity contribution is 0.0499. The standard InChI is InChI=1S/C24H27FN4O2/c1-4-13-31-24(30)22-23(27-20-15-17(3)16(2)14-19(20)26-22)29-11-9-28(10-12-29)21-8-6-5-7-18(21)25/h5-8,14-15H,4,9-13H2,1-3H3. The minimum absolute atomic E-state index is 0.226. The second kappa shape index (κ2) is 8.88. The molecule has 162 valence electrons. The summed E-state index contributed by atoms with van der Waals surface area (Å²) in [5.74, 6) is -0.151. The van der Waals surface area contributed by atoms with Crippen LogP contribution in [0.25, 0.3) is 11.0 Å². The van der Waals surface area contributed by atoms with Crippen molar-refractivity contribution >= 4 is 28.5 Å². The zero-order chi connectivity index (χ0) is 22.0. The lowest BCUT2D eigenvalue weighted by Crippen LogP contribution is -2.47. The van der Waals surface area contributed by atoms with Gasteiger partial charge in [-0.2, -0.15) is 0 Å². The first-order valence-corrected chi connectivity index (χ1v) is 10.7. The van der Waals surface area contributed by atoms with E-state index in [-0.39, 0.29) is 11.5 Å². The average molecular weight is 423 g/mol. The Morgan fingerprint density at radius 2 is 1.61 bits per heavy atom. The maximum atomic E-state index is 14.2. The number of esters is 1. The maximum Gasteiger partial charge on any atom is 0.360 e. The Morgan fingerprint density at radius 1 is 1.00 bits per heavy atom. The van der Waals surface area contributed by atoms with Crippen LogP contribution in [0.1, 0.15) is 35.0 Å². The molecule has 0 N–H and O–H groups in total. The largest absolute Gasteiger partial charge is 0.461 e. The van der Waals surface area contributed by atoms with Gasteiger partial charge in [0.15, 0.2) is 11.5 Å². The molecule has 0 amide bonds. The molecule has 0 saturated carbocycles. The molecule has 3 aromatic rings. The number of anilines is 2. The van der Waals surface area contributed by atoms with Gasteiger partial charge in [-0.1, -0.05) is 19.1 Å². The number of carbonyl (C=O) groups is 1. The maximum absolute atomic E-state index is 14.2. The fourth-order valence-corrected chi connectivity index (χ4v) is 3.79. The Balaban J connectivity index is 1.66. The van der Waals surface area contributed by atoms with Gasteiger partial charge in [-0.05, 0) is 55.7 Å². The summed E-state index contributed by atoms with van der Waals surface area (Å²) in [7, 11) is 0. The number of aryl methyl sites for hydroxylation is 2. The first-order valence-electron chi connectivity index (χ1n) is 10.7. The van der Waals surface area contributed by atoms with Crippen LogP contribution in [-0.4, -0.2) is 48.7 Å². The van der Waals surface area contributed by atoms with Crippen LogP contribution in [0, 0.1) is 19.7 Å². The summed E-state index contributed by atoms with van der Waals surface area (Å²) in [6.07, 6.45) is 0.738. The third-order valence-electron chi connectivity index (χ3n) is 5.66. The molecular weight excluding hydrogens is 395 g/mol. The SMILES string of the molecule is CCCOC(=O)c1nc2cc(C)c(C)cc2nc1N1CCN(c2ccccc2F)CC1. The van der Waals surface area contributed by atoms with Gasteiger partial charge in [0.2, 0.25) is 0 Å². The molecule has 31 heavy (non-hydrogen) atoms. The lowest BCUT2D eigenvalue weighted by atomic mass is 10.1. The molecule has 0 bridgehead atoms. The Morgan fingerprint density at radius 3 is 2.26 bits per heavy atom. The van der Waals surface area contributed by atoms with Crippen LogP contribution in [0.4, 0.5) is 15.9 Å². The molecule has 0 aliphatic carbocycles. The molecule has 0 atom stereocenters. The van der Waals surface area contributed by atoms with Crippen molar-refractivity contribution in [3.05, 3.63) is 59.0 Å². The van der Waals surface area contributed by atoms with Crippen LogP contribution in [0.3, 0.4) is 0 Å². The van der Waals surface area contributed by atoms with Gasteiger partial charge < -0.3 is 14.5 Å². The lowest BCUT2D eigenvalue weighted by Gasteiger charge is -2.37. The van der Waals surface area contributed by atoms with E-state index < -0.39 is 5.97 Å².